The predicted octanol–water partition coefficient (Wildman–Crippen LogP) is 4.08. The number of aromatic amines is 2. The van der Waals surface area contributed by atoms with E-state index in [-0.39, 0.29) is 5.91 Å². The Morgan fingerprint density at radius 1 is 1.07 bits per heavy atom. The summed E-state index contributed by atoms with van der Waals surface area (Å²) in [6, 6.07) is 14.5. The number of nitrogens with one attached hydrogen (secondary N) is 3. The molecule has 0 aliphatic rings. The zero-order chi connectivity index (χ0) is 18.8. The number of aromatic nitrogens is 5. The summed E-state index contributed by atoms with van der Waals surface area (Å²) in [6.07, 6.45) is 1.50. The molecule has 0 unspecified atom stereocenters. The molecule has 7 nitrogen and oxygen atoms in total. The molecule has 3 N–H and O–H groups in total. The molecule has 4 rings (SSSR count). The maximum absolute atomic E-state index is 12.8. The van der Waals surface area contributed by atoms with Crippen LogP contribution >= 0.6 is 11.6 Å². The molecule has 0 atom stereocenters. The van der Waals surface area contributed by atoms with Crippen molar-refractivity contribution in [1.82, 2.24) is 25.4 Å². The molecule has 134 valence electrons. The summed E-state index contributed by atoms with van der Waals surface area (Å²) in [6.45, 7) is 1.83. The number of amides is 1. The Hall–Kier alpha value is -3.45. The van der Waals surface area contributed by atoms with Gasteiger partial charge in [0.15, 0.2) is 5.82 Å². The first-order valence-electron chi connectivity index (χ1n) is 8.20. The maximum Gasteiger partial charge on any atom is 0.259 e. The third-order valence-corrected chi connectivity index (χ3v) is 4.24. The Morgan fingerprint density at radius 2 is 1.89 bits per heavy atom. The molecule has 0 fully saturated rings. The van der Waals surface area contributed by atoms with Crippen LogP contribution in [-0.2, 0) is 0 Å². The van der Waals surface area contributed by atoms with E-state index in [0.29, 0.717) is 27.8 Å². The quantitative estimate of drug-likeness (QED) is 0.498. The molecule has 27 heavy (non-hydrogen) atoms. The highest BCUT2D eigenvalue weighted by Gasteiger charge is 2.16. The molecule has 8 heteroatoms. The number of carbonyl (C=O) groups is 1. The van der Waals surface area contributed by atoms with Crippen LogP contribution in [0.5, 0.6) is 0 Å². The monoisotopic (exact) mass is 378 g/mol. The second-order valence-corrected chi connectivity index (χ2v) is 6.38. The predicted molar refractivity (Wildman–Crippen MR) is 104 cm³/mol. The molecule has 2 heterocycles. The van der Waals surface area contributed by atoms with Gasteiger partial charge in [-0.15, -0.1) is 0 Å². The lowest BCUT2D eigenvalue weighted by Crippen LogP contribution is -2.12. The third-order valence-electron chi connectivity index (χ3n) is 3.99. The second kappa shape index (κ2) is 7.05. The fourth-order valence-electron chi connectivity index (χ4n) is 2.70. The van der Waals surface area contributed by atoms with Crippen molar-refractivity contribution < 1.29 is 4.79 Å². The topological polar surface area (TPSA) is 99.3 Å². The molecule has 0 aliphatic carbocycles. The average molecular weight is 379 g/mol. The van der Waals surface area contributed by atoms with Gasteiger partial charge in [-0.05, 0) is 31.2 Å². The van der Waals surface area contributed by atoms with E-state index in [1.807, 2.05) is 43.3 Å². The van der Waals surface area contributed by atoms with Crippen molar-refractivity contribution >= 4 is 23.2 Å². The van der Waals surface area contributed by atoms with E-state index in [4.69, 9.17) is 11.6 Å². The van der Waals surface area contributed by atoms with Gasteiger partial charge in [-0.1, -0.05) is 35.9 Å². The summed E-state index contributed by atoms with van der Waals surface area (Å²) in [5.74, 6) is 1.04. The number of nitrogens with zero attached hydrogens (tertiary/aromatic N) is 3. The molecular formula is C19H15ClN6O. The van der Waals surface area contributed by atoms with Gasteiger partial charge in [0.25, 0.3) is 5.91 Å². The smallest absolute Gasteiger partial charge is 0.259 e. The molecule has 2 aromatic heterocycles. The molecule has 0 spiro atoms. The lowest BCUT2D eigenvalue weighted by molar-refractivity contribution is 0.102. The Labute approximate surface area is 159 Å². The van der Waals surface area contributed by atoms with Gasteiger partial charge in [-0.2, -0.15) is 10.2 Å². The number of rotatable bonds is 4. The van der Waals surface area contributed by atoms with Gasteiger partial charge >= 0.3 is 0 Å². The van der Waals surface area contributed by atoms with Crippen LogP contribution in [0.3, 0.4) is 0 Å². The number of halogens is 1. The first-order chi connectivity index (χ1) is 13.1. The number of H-pyrrole nitrogens is 2. The van der Waals surface area contributed by atoms with E-state index in [0.717, 1.165) is 17.0 Å². The Kier molecular flexibility index (Phi) is 4.43. The average Bonchev–Trinajstić information content (AvgIpc) is 3.32. The van der Waals surface area contributed by atoms with Gasteiger partial charge in [0, 0.05) is 21.8 Å². The van der Waals surface area contributed by atoms with Crippen molar-refractivity contribution in [3.05, 3.63) is 71.1 Å². The summed E-state index contributed by atoms with van der Waals surface area (Å²) < 4.78 is 0. The molecule has 0 aliphatic heterocycles. The molecular weight excluding hydrogens is 364 g/mol. The first kappa shape index (κ1) is 17.0. The minimum atomic E-state index is -0.267. The summed E-state index contributed by atoms with van der Waals surface area (Å²) in [7, 11) is 0. The highest BCUT2D eigenvalue weighted by molar-refractivity contribution is 6.30. The molecule has 0 saturated heterocycles. The van der Waals surface area contributed by atoms with Crippen LogP contribution in [0.25, 0.3) is 22.6 Å². The highest BCUT2D eigenvalue weighted by atomic mass is 35.5. The van der Waals surface area contributed by atoms with Crippen molar-refractivity contribution in [3.8, 4) is 22.6 Å². The molecule has 0 bridgehead atoms. The zero-order valence-electron chi connectivity index (χ0n) is 14.3. The van der Waals surface area contributed by atoms with E-state index in [2.05, 4.69) is 30.7 Å². The van der Waals surface area contributed by atoms with Crippen molar-refractivity contribution in [2.75, 3.05) is 5.32 Å². The number of benzene rings is 2. The van der Waals surface area contributed by atoms with Gasteiger partial charge in [-0.3, -0.25) is 15.0 Å². The van der Waals surface area contributed by atoms with Crippen molar-refractivity contribution in [2.45, 2.75) is 6.92 Å². The SMILES string of the molecule is Cc1nc(-c2cccc(NC(=O)c3cn[nH]c3-c3ccc(Cl)cc3)c2)n[nH]1. The maximum atomic E-state index is 12.8. The lowest BCUT2D eigenvalue weighted by Gasteiger charge is -2.07. The van der Waals surface area contributed by atoms with Crippen LogP contribution in [0.15, 0.2) is 54.7 Å². The lowest BCUT2D eigenvalue weighted by atomic mass is 10.1. The van der Waals surface area contributed by atoms with E-state index in [1.165, 1.54) is 6.20 Å². The Balaban J connectivity index is 1.59. The third kappa shape index (κ3) is 3.58. The molecule has 0 radical (unpaired) electrons. The van der Waals surface area contributed by atoms with Crippen molar-refractivity contribution in [1.29, 1.82) is 0 Å². The van der Waals surface area contributed by atoms with E-state index in [1.54, 1.807) is 12.1 Å². The van der Waals surface area contributed by atoms with E-state index >= 15 is 0 Å². The minimum absolute atomic E-state index is 0.267. The highest BCUT2D eigenvalue weighted by Crippen LogP contribution is 2.25. The minimum Gasteiger partial charge on any atom is -0.322 e. The van der Waals surface area contributed by atoms with Gasteiger partial charge in [0.05, 0.1) is 17.5 Å². The van der Waals surface area contributed by atoms with Crippen LogP contribution in [0.1, 0.15) is 16.2 Å². The van der Waals surface area contributed by atoms with Crippen LogP contribution < -0.4 is 5.32 Å². The number of hydrogen-bond donors (Lipinski definition) is 3. The van der Waals surface area contributed by atoms with Gasteiger partial charge in [0.1, 0.15) is 5.82 Å². The standard InChI is InChI=1S/C19H15ClN6O/c1-11-22-18(26-24-11)13-3-2-4-15(9-13)23-19(27)16-10-21-25-17(16)12-5-7-14(20)8-6-12/h2-10H,1H3,(H,21,25)(H,23,27)(H,22,24,26). The van der Waals surface area contributed by atoms with Gasteiger partial charge in [-0.25, -0.2) is 4.98 Å². The van der Waals surface area contributed by atoms with Gasteiger partial charge < -0.3 is 5.32 Å². The molecule has 4 aromatic rings. The molecule has 2 aromatic carbocycles. The first-order valence-corrected chi connectivity index (χ1v) is 8.58. The normalized spacial score (nSPS) is 10.7. The van der Waals surface area contributed by atoms with Crippen LogP contribution in [0.2, 0.25) is 5.02 Å². The van der Waals surface area contributed by atoms with Gasteiger partial charge in [0.2, 0.25) is 0 Å². The Morgan fingerprint density at radius 3 is 2.63 bits per heavy atom. The van der Waals surface area contributed by atoms with Crippen LogP contribution in [0.4, 0.5) is 5.69 Å². The summed E-state index contributed by atoms with van der Waals surface area (Å²) in [5.41, 5.74) is 3.35. The summed E-state index contributed by atoms with van der Waals surface area (Å²) in [5, 5.41) is 17.4. The second-order valence-electron chi connectivity index (χ2n) is 5.94. The molecule has 1 amide bonds. The number of hydrogen-bond acceptors (Lipinski definition) is 4. The van der Waals surface area contributed by atoms with Crippen LogP contribution in [0, 0.1) is 6.92 Å². The van der Waals surface area contributed by atoms with E-state index < -0.39 is 0 Å². The Bertz CT molecular complexity index is 1100. The van der Waals surface area contributed by atoms with E-state index in [9.17, 15) is 4.79 Å². The number of anilines is 1. The summed E-state index contributed by atoms with van der Waals surface area (Å²) >= 11 is 5.93. The number of aryl methyl sites for hydroxylation is 1. The number of carbonyl (C=O) groups excluding carboxylic acids is 1. The van der Waals surface area contributed by atoms with Crippen molar-refractivity contribution in [3.63, 3.8) is 0 Å². The van der Waals surface area contributed by atoms with Crippen molar-refractivity contribution in [2.24, 2.45) is 0 Å². The fraction of sp³-hybridized carbons (Fsp3) is 0.0526. The van der Waals surface area contributed by atoms with Crippen LogP contribution in [-0.4, -0.2) is 31.3 Å². The zero-order valence-corrected chi connectivity index (χ0v) is 15.1. The largest absolute Gasteiger partial charge is 0.322 e. The molecule has 0 saturated carbocycles. The summed E-state index contributed by atoms with van der Waals surface area (Å²) in [4.78, 5) is 17.1. The fourth-order valence-corrected chi connectivity index (χ4v) is 2.83.